The number of fused-ring (bicyclic) bond motifs is 2. The standard InChI is InChI=1S/C33H30N6O6/c1-20(2)30(40)44-24-13-22(38-34-26-9-5-6-10-27(26)35-38)15-32(42,17-24)19-33(43)16-23(14-25(18-33)45-31(41)21(3)4)39-36-28-11-7-8-12-29(28)37-39/h5-14,17-18,42-43H,1,3,15-16,19H2,2,4H3. The summed E-state index contributed by atoms with van der Waals surface area (Å²) >= 11 is 0. The van der Waals surface area contributed by atoms with Crippen LogP contribution in [-0.4, -0.2) is 63.3 Å². The number of esters is 2. The lowest BCUT2D eigenvalue weighted by Gasteiger charge is -2.38. The van der Waals surface area contributed by atoms with Crippen molar-refractivity contribution in [2.75, 3.05) is 0 Å². The van der Waals surface area contributed by atoms with Crippen molar-refractivity contribution in [3.63, 3.8) is 0 Å². The Kier molecular flexibility index (Phi) is 7.39. The molecule has 2 heterocycles. The van der Waals surface area contributed by atoms with Gasteiger partial charge in [-0.05, 0) is 50.3 Å². The molecular formula is C33H30N6O6. The van der Waals surface area contributed by atoms with Gasteiger partial charge >= 0.3 is 11.9 Å². The normalized spacial score (nSPS) is 21.4. The lowest BCUT2D eigenvalue weighted by Crippen LogP contribution is -2.43. The van der Waals surface area contributed by atoms with Crippen molar-refractivity contribution in [1.82, 2.24) is 30.0 Å². The van der Waals surface area contributed by atoms with Crippen molar-refractivity contribution in [3.05, 3.63) is 109 Å². The highest BCUT2D eigenvalue weighted by Gasteiger charge is 2.43. The molecule has 2 atom stereocenters. The van der Waals surface area contributed by atoms with E-state index in [4.69, 9.17) is 9.47 Å². The van der Waals surface area contributed by atoms with Crippen molar-refractivity contribution < 1.29 is 29.3 Å². The molecule has 2 aromatic heterocycles. The Labute approximate surface area is 257 Å². The van der Waals surface area contributed by atoms with E-state index >= 15 is 0 Å². The molecule has 0 spiro atoms. The minimum absolute atomic E-state index is 0.0289. The van der Waals surface area contributed by atoms with E-state index in [2.05, 4.69) is 33.6 Å². The number of aliphatic hydroxyl groups is 2. The first-order chi connectivity index (χ1) is 21.4. The van der Waals surface area contributed by atoms with Crippen LogP contribution in [0.25, 0.3) is 33.5 Å². The van der Waals surface area contributed by atoms with E-state index in [9.17, 15) is 19.8 Å². The zero-order valence-electron chi connectivity index (χ0n) is 24.7. The maximum absolute atomic E-state index is 12.5. The number of allylic oxidation sites excluding steroid dienone is 2. The lowest BCUT2D eigenvalue weighted by molar-refractivity contribution is -0.135. The van der Waals surface area contributed by atoms with Gasteiger partial charge in [0.1, 0.15) is 33.6 Å². The third-order valence-electron chi connectivity index (χ3n) is 7.23. The van der Waals surface area contributed by atoms with Gasteiger partial charge in [-0.2, -0.15) is 9.59 Å². The number of aromatic nitrogens is 6. The van der Waals surface area contributed by atoms with Crippen LogP contribution in [0.4, 0.5) is 0 Å². The predicted molar refractivity (Wildman–Crippen MR) is 165 cm³/mol. The summed E-state index contributed by atoms with van der Waals surface area (Å²) in [6.07, 6.45) is 5.43. The third-order valence-corrected chi connectivity index (χ3v) is 7.23. The quantitative estimate of drug-likeness (QED) is 0.220. The Morgan fingerprint density at radius 2 is 1.04 bits per heavy atom. The summed E-state index contributed by atoms with van der Waals surface area (Å²) in [4.78, 5) is 27.7. The van der Waals surface area contributed by atoms with Crippen LogP contribution in [0, 0.1) is 0 Å². The Morgan fingerprint density at radius 3 is 1.36 bits per heavy atom. The fraction of sp³-hybridized carbons (Fsp3) is 0.212. The van der Waals surface area contributed by atoms with Crippen molar-refractivity contribution in [1.29, 1.82) is 0 Å². The molecule has 0 fully saturated rings. The number of hydrogen-bond acceptors (Lipinski definition) is 10. The summed E-state index contributed by atoms with van der Waals surface area (Å²) in [6, 6.07) is 14.5. The summed E-state index contributed by atoms with van der Waals surface area (Å²) in [6.45, 7) is 10.3. The highest BCUT2D eigenvalue weighted by Crippen LogP contribution is 2.41. The summed E-state index contributed by atoms with van der Waals surface area (Å²) in [5.74, 6) is -1.32. The van der Waals surface area contributed by atoms with Gasteiger partial charge in [-0.25, -0.2) is 9.59 Å². The van der Waals surface area contributed by atoms with Crippen LogP contribution in [0.3, 0.4) is 0 Å². The number of hydrogen-bond donors (Lipinski definition) is 2. The maximum atomic E-state index is 12.5. The average molecular weight is 607 g/mol. The van der Waals surface area contributed by atoms with E-state index in [1.165, 1.54) is 35.6 Å². The number of carbonyl (C=O) groups is 2. The summed E-state index contributed by atoms with van der Waals surface area (Å²) in [5.41, 5.74) is 0.0914. The van der Waals surface area contributed by atoms with Crippen LogP contribution in [0.15, 0.2) is 109 Å². The van der Waals surface area contributed by atoms with Crippen molar-refractivity contribution >= 4 is 45.4 Å². The zero-order valence-corrected chi connectivity index (χ0v) is 24.7. The van der Waals surface area contributed by atoms with Crippen molar-refractivity contribution in [3.8, 4) is 0 Å². The van der Waals surface area contributed by atoms with Gasteiger partial charge < -0.3 is 19.7 Å². The largest absolute Gasteiger partial charge is 0.423 e. The van der Waals surface area contributed by atoms with E-state index in [1.807, 2.05) is 24.3 Å². The van der Waals surface area contributed by atoms with Crippen LogP contribution < -0.4 is 0 Å². The molecule has 12 heteroatoms. The zero-order chi connectivity index (χ0) is 31.9. The molecule has 0 bridgehead atoms. The molecule has 45 heavy (non-hydrogen) atoms. The van der Waals surface area contributed by atoms with E-state index < -0.39 is 23.1 Å². The molecule has 2 aliphatic rings. The number of benzene rings is 2. The fourth-order valence-electron chi connectivity index (χ4n) is 5.27. The Balaban J connectivity index is 1.38. The summed E-state index contributed by atoms with van der Waals surface area (Å²) in [5, 5.41) is 42.2. The number of nitrogens with zero attached hydrogens (tertiary/aromatic N) is 6. The second-order valence-electron chi connectivity index (χ2n) is 11.4. The van der Waals surface area contributed by atoms with Crippen LogP contribution in [0.2, 0.25) is 0 Å². The number of ether oxygens (including phenoxy) is 2. The molecule has 0 aliphatic heterocycles. The average Bonchev–Trinajstić information content (AvgIpc) is 3.61. The first-order valence-corrected chi connectivity index (χ1v) is 14.1. The predicted octanol–water partition coefficient (Wildman–Crippen LogP) is 4.22. The SMILES string of the molecule is C=C(C)C(=O)OC1=CC(O)(CC2(O)C=C(OC(=O)C(=C)C)C=C(n3nc4ccccc4n3)C2)CC(n2nc3ccccc3n2)=C1. The molecular weight excluding hydrogens is 576 g/mol. The first-order valence-electron chi connectivity index (χ1n) is 14.1. The van der Waals surface area contributed by atoms with Gasteiger partial charge in [0.05, 0.1) is 22.6 Å². The van der Waals surface area contributed by atoms with E-state index in [1.54, 1.807) is 36.4 Å². The van der Waals surface area contributed by atoms with Gasteiger partial charge in [0.15, 0.2) is 0 Å². The molecule has 0 saturated heterocycles. The Hall–Kier alpha value is -5.46. The summed E-state index contributed by atoms with van der Waals surface area (Å²) < 4.78 is 11.1. The maximum Gasteiger partial charge on any atom is 0.338 e. The monoisotopic (exact) mass is 606 g/mol. The number of carbonyl (C=O) groups excluding carboxylic acids is 2. The van der Waals surface area contributed by atoms with E-state index in [0.717, 1.165) is 0 Å². The highest BCUT2D eigenvalue weighted by atomic mass is 16.5. The molecule has 2 aliphatic carbocycles. The molecule has 0 radical (unpaired) electrons. The van der Waals surface area contributed by atoms with E-state index in [-0.39, 0.29) is 41.9 Å². The highest BCUT2D eigenvalue weighted by molar-refractivity contribution is 5.88. The second-order valence-corrected chi connectivity index (χ2v) is 11.4. The van der Waals surface area contributed by atoms with Gasteiger partial charge in [0.2, 0.25) is 0 Å². The molecule has 2 N–H and O–H groups in total. The Bertz CT molecular complexity index is 1820. The van der Waals surface area contributed by atoms with Crippen LogP contribution in [0.5, 0.6) is 0 Å². The summed E-state index contributed by atoms with van der Waals surface area (Å²) in [7, 11) is 0. The molecule has 12 nitrogen and oxygen atoms in total. The van der Waals surface area contributed by atoms with Crippen LogP contribution in [0.1, 0.15) is 33.1 Å². The topological polar surface area (TPSA) is 154 Å². The van der Waals surface area contributed by atoms with Crippen LogP contribution in [-0.2, 0) is 19.1 Å². The minimum Gasteiger partial charge on any atom is -0.423 e. The smallest absolute Gasteiger partial charge is 0.338 e. The van der Waals surface area contributed by atoms with Gasteiger partial charge in [-0.3, -0.25) is 0 Å². The van der Waals surface area contributed by atoms with Crippen molar-refractivity contribution in [2.24, 2.45) is 0 Å². The first kappa shape index (κ1) is 29.6. The molecule has 6 rings (SSSR count). The van der Waals surface area contributed by atoms with Gasteiger partial charge in [0.25, 0.3) is 0 Å². The molecule has 4 aromatic rings. The minimum atomic E-state index is -1.78. The second kappa shape index (κ2) is 11.2. The molecule has 0 amide bonds. The Morgan fingerprint density at radius 1 is 0.711 bits per heavy atom. The van der Waals surface area contributed by atoms with Crippen molar-refractivity contribution in [2.45, 2.75) is 44.3 Å². The molecule has 228 valence electrons. The fourth-order valence-corrected chi connectivity index (χ4v) is 5.27. The number of rotatable bonds is 8. The third kappa shape index (κ3) is 6.28. The van der Waals surface area contributed by atoms with E-state index in [0.29, 0.717) is 33.5 Å². The van der Waals surface area contributed by atoms with Crippen LogP contribution >= 0.6 is 0 Å². The van der Waals surface area contributed by atoms with Gasteiger partial charge in [-0.15, -0.1) is 20.4 Å². The molecule has 2 unspecified atom stereocenters. The molecule has 2 aromatic carbocycles. The van der Waals surface area contributed by atoms with Gasteiger partial charge in [-0.1, -0.05) is 37.4 Å². The van der Waals surface area contributed by atoms with Gasteiger partial charge in [0, 0.05) is 42.6 Å². The molecule has 0 saturated carbocycles. The lowest BCUT2D eigenvalue weighted by atomic mass is 9.77.